The molecule has 7 N–H and O–H groups in total. The van der Waals surface area contributed by atoms with Gasteiger partial charge in [-0.15, -0.1) is 0 Å². The van der Waals surface area contributed by atoms with Gasteiger partial charge in [-0.25, -0.2) is 0 Å². The number of azide groups is 1. The number of nitrogens with zero attached hydrogens (tertiary/aromatic N) is 3. The van der Waals surface area contributed by atoms with Crippen molar-refractivity contribution in [3.05, 3.63) is 10.4 Å². The van der Waals surface area contributed by atoms with Gasteiger partial charge in [0, 0.05) is 11.5 Å². The molecule has 10 atom stereocenters. The molecule has 2 aliphatic heterocycles. The van der Waals surface area contributed by atoms with E-state index < -0.39 is 74.6 Å². The van der Waals surface area contributed by atoms with Crippen LogP contribution in [0.15, 0.2) is 5.11 Å². The van der Waals surface area contributed by atoms with E-state index in [0.29, 0.717) is 0 Å². The van der Waals surface area contributed by atoms with Crippen LogP contribution in [0.25, 0.3) is 10.4 Å². The van der Waals surface area contributed by atoms with E-state index in [4.69, 9.17) is 24.5 Å². The van der Waals surface area contributed by atoms with Crippen molar-refractivity contribution in [3.63, 3.8) is 0 Å². The highest BCUT2D eigenvalue weighted by Gasteiger charge is 2.50. The van der Waals surface area contributed by atoms with Crippen molar-refractivity contribution < 1.29 is 54.7 Å². The summed E-state index contributed by atoms with van der Waals surface area (Å²) in [5, 5.41) is 72.1. The highest BCUT2D eigenvalue weighted by molar-refractivity contribution is 4.94. The summed E-state index contributed by atoms with van der Waals surface area (Å²) in [6.07, 6.45) is -15.1. The van der Waals surface area contributed by atoms with E-state index >= 15 is 0 Å². The fourth-order valence-corrected chi connectivity index (χ4v) is 2.95. The Bertz CT molecular complexity index is 533. The van der Waals surface area contributed by atoms with Gasteiger partial charge in [-0.1, -0.05) is 5.11 Å². The van der Waals surface area contributed by atoms with Crippen LogP contribution >= 0.6 is 0 Å². The lowest BCUT2D eigenvalue weighted by Gasteiger charge is -2.45. The lowest BCUT2D eigenvalue weighted by Crippen LogP contribution is -2.64. The van der Waals surface area contributed by atoms with Crippen molar-refractivity contribution in [1.29, 1.82) is 0 Å². The topological polar surface area (TPSA) is 227 Å². The molecule has 2 aliphatic rings. The van der Waals surface area contributed by atoms with Gasteiger partial charge in [0.1, 0.15) is 48.8 Å². The van der Waals surface area contributed by atoms with E-state index in [2.05, 4.69) is 10.0 Å². The Balaban J connectivity index is 2.05. The first-order chi connectivity index (χ1) is 13.3. The number of ether oxygens (including phenoxy) is 4. The van der Waals surface area contributed by atoms with Crippen LogP contribution in [0.5, 0.6) is 0 Å². The molecule has 0 unspecified atom stereocenters. The highest BCUT2D eigenvalue weighted by atomic mass is 16.7. The van der Waals surface area contributed by atoms with E-state index in [1.807, 2.05) is 0 Å². The second-order valence-corrected chi connectivity index (χ2v) is 6.33. The van der Waals surface area contributed by atoms with E-state index in [-0.39, 0.29) is 13.2 Å². The summed E-state index contributed by atoms with van der Waals surface area (Å²) in [5.74, 6) is 0. The second kappa shape index (κ2) is 10.6. The maximum absolute atomic E-state index is 10.3. The summed E-state index contributed by atoms with van der Waals surface area (Å²) >= 11 is 0. The highest BCUT2D eigenvalue weighted by Crippen LogP contribution is 2.29. The Morgan fingerprint density at radius 2 is 1.43 bits per heavy atom. The zero-order valence-corrected chi connectivity index (χ0v) is 14.7. The summed E-state index contributed by atoms with van der Waals surface area (Å²) in [5.41, 5.74) is 8.21. The normalized spacial score (nSPS) is 44.1. The van der Waals surface area contributed by atoms with Gasteiger partial charge in [-0.05, 0) is 5.53 Å². The van der Waals surface area contributed by atoms with Crippen molar-refractivity contribution >= 4 is 0 Å². The average molecular weight is 411 g/mol. The van der Waals surface area contributed by atoms with Crippen LogP contribution in [0.4, 0.5) is 0 Å². The van der Waals surface area contributed by atoms with E-state index in [1.165, 1.54) is 0 Å². The van der Waals surface area contributed by atoms with Crippen LogP contribution in [-0.4, -0.2) is 124 Å². The van der Waals surface area contributed by atoms with E-state index in [0.717, 1.165) is 0 Å². The molecular formula is C14H25N3O11. The molecule has 2 saturated heterocycles. The SMILES string of the molecule is [N-]=[N+]=NCCO[C@H]1O[C@H](CO)[C@@H](O[C@@H]2O[C@H](CO)[C@H](O)[C@H](O)[C@H]2O)[C@H](O)[C@H]1O. The van der Waals surface area contributed by atoms with Crippen LogP contribution in [-0.2, 0) is 18.9 Å². The summed E-state index contributed by atoms with van der Waals surface area (Å²) in [6, 6.07) is 0. The predicted molar refractivity (Wildman–Crippen MR) is 86.4 cm³/mol. The second-order valence-electron chi connectivity index (χ2n) is 6.33. The van der Waals surface area contributed by atoms with Crippen molar-refractivity contribution in [2.75, 3.05) is 26.4 Å². The molecular weight excluding hydrogens is 386 g/mol. The minimum Gasteiger partial charge on any atom is -0.394 e. The molecule has 0 radical (unpaired) electrons. The molecule has 0 aromatic carbocycles. The summed E-state index contributed by atoms with van der Waals surface area (Å²) in [6.45, 7) is -1.51. The zero-order chi connectivity index (χ0) is 20.8. The first kappa shape index (κ1) is 23.2. The molecule has 28 heavy (non-hydrogen) atoms. The third kappa shape index (κ3) is 5.07. The molecule has 0 aliphatic carbocycles. The lowest BCUT2D eigenvalue weighted by atomic mass is 9.97. The van der Waals surface area contributed by atoms with Gasteiger partial charge in [-0.3, -0.25) is 0 Å². The molecule has 0 aromatic rings. The molecule has 2 fully saturated rings. The smallest absolute Gasteiger partial charge is 0.187 e. The van der Waals surface area contributed by atoms with Gasteiger partial charge in [0.05, 0.1) is 19.8 Å². The molecule has 14 nitrogen and oxygen atoms in total. The minimum atomic E-state index is -1.74. The zero-order valence-electron chi connectivity index (χ0n) is 14.7. The van der Waals surface area contributed by atoms with Gasteiger partial charge in [0.15, 0.2) is 12.6 Å². The van der Waals surface area contributed by atoms with Crippen molar-refractivity contribution in [2.24, 2.45) is 5.11 Å². The molecule has 2 heterocycles. The Kier molecular flexibility index (Phi) is 8.76. The molecule has 0 spiro atoms. The van der Waals surface area contributed by atoms with Crippen LogP contribution in [0, 0.1) is 0 Å². The fourth-order valence-electron chi connectivity index (χ4n) is 2.95. The largest absolute Gasteiger partial charge is 0.394 e. The minimum absolute atomic E-state index is 0.0479. The van der Waals surface area contributed by atoms with Gasteiger partial charge in [0.2, 0.25) is 0 Å². The molecule has 14 heteroatoms. The summed E-state index contributed by atoms with van der Waals surface area (Å²) in [7, 11) is 0. The summed E-state index contributed by atoms with van der Waals surface area (Å²) in [4.78, 5) is 2.53. The predicted octanol–water partition coefficient (Wildman–Crippen LogP) is -4.06. The third-order valence-electron chi connectivity index (χ3n) is 4.50. The fraction of sp³-hybridized carbons (Fsp3) is 1.00. The first-order valence-electron chi connectivity index (χ1n) is 8.56. The van der Waals surface area contributed by atoms with Crippen molar-refractivity contribution in [1.82, 2.24) is 0 Å². The molecule has 0 aromatic heterocycles. The van der Waals surface area contributed by atoms with Crippen LogP contribution in [0.1, 0.15) is 0 Å². The third-order valence-corrected chi connectivity index (χ3v) is 4.50. The number of hydrogen-bond donors (Lipinski definition) is 7. The van der Waals surface area contributed by atoms with E-state index in [1.54, 1.807) is 0 Å². The maximum atomic E-state index is 10.3. The Morgan fingerprint density at radius 3 is 2.04 bits per heavy atom. The average Bonchev–Trinajstić information content (AvgIpc) is 2.70. The Morgan fingerprint density at radius 1 is 0.821 bits per heavy atom. The standard InChI is InChI=1S/C14H25N3O11/c15-17-16-1-2-25-13-11(24)9(22)12(6(4-19)27-13)28-14-10(23)8(21)7(20)5(3-18)26-14/h5-14,18-24H,1-4H2/t5-,6-,7+,8+,9-,10-,11-,12-,13+,14+/m1/s1. The number of aliphatic hydroxyl groups excluding tert-OH is 7. The van der Waals surface area contributed by atoms with Gasteiger partial charge in [0.25, 0.3) is 0 Å². The first-order valence-corrected chi connectivity index (χ1v) is 8.56. The quantitative estimate of drug-likeness (QED) is 0.0879. The molecule has 0 saturated carbocycles. The van der Waals surface area contributed by atoms with Crippen LogP contribution in [0.3, 0.4) is 0 Å². The van der Waals surface area contributed by atoms with Gasteiger partial charge in [-0.2, -0.15) is 0 Å². The van der Waals surface area contributed by atoms with Gasteiger partial charge >= 0.3 is 0 Å². The van der Waals surface area contributed by atoms with Crippen molar-refractivity contribution in [2.45, 2.75) is 61.4 Å². The van der Waals surface area contributed by atoms with E-state index in [9.17, 15) is 35.7 Å². The summed E-state index contributed by atoms with van der Waals surface area (Å²) < 4.78 is 21.1. The number of rotatable bonds is 8. The number of aliphatic hydroxyl groups is 7. The number of hydrogen-bond acceptors (Lipinski definition) is 12. The van der Waals surface area contributed by atoms with Crippen LogP contribution < -0.4 is 0 Å². The Labute approximate surface area is 159 Å². The lowest BCUT2D eigenvalue weighted by molar-refractivity contribution is -0.359. The Hall–Kier alpha value is -1.13. The molecule has 2 rings (SSSR count). The monoisotopic (exact) mass is 411 g/mol. The van der Waals surface area contributed by atoms with Crippen molar-refractivity contribution in [3.8, 4) is 0 Å². The van der Waals surface area contributed by atoms with Gasteiger partial charge < -0.3 is 54.7 Å². The molecule has 0 amide bonds. The maximum Gasteiger partial charge on any atom is 0.187 e. The molecule has 0 bridgehead atoms. The van der Waals surface area contributed by atoms with Crippen LogP contribution in [0.2, 0.25) is 0 Å². The molecule has 162 valence electrons.